The SMILES string of the molecule is CC(=O)NCCSC(=O)[C@H](CC(C)C)NC(=O)[C@H](CCCN)NC(=O)[C@@H](NC(=O)[C@H](Cc1ccc(O)cc1)NC(=O)[C@H](CCC(N)=O)NC(=O)[C@H](CC(N)=O)NC(=O)[C@H](CCCN=C(N)N)NC(=O)[C@H](Cc1ccccc1)NC(=O)[C@@H]1CCCN1C(=O)[C@H](N)Cc1ccccc1)C(C)C. The highest BCUT2D eigenvalue weighted by Crippen LogP contribution is 2.21. The molecule has 0 bridgehead atoms. The normalized spacial score (nSPS) is 15.4. The van der Waals surface area contributed by atoms with E-state index in [1.165, 1.54) is 36.1 Å². The van der Waals surface area contributed by atoms with Crippen LogP contribution in [-0.2, 0) is 81.6 Å². The molecule has 0 saturated carbocycles. The zero-order chi connectivity index (χ0) is 73.3. The minimum absolute atomic E-state index is 0.0278. The molecule has 10 atom stereocenters. The lowest BCUT2D eigenvalue weighted by Gasteiger charge is -2.29. The van der Waals surface area contributed by atoms with Crippen molar-refractivity contribution in [2.45, 2.75) is 179 Å². The number of hydrogen-bond donors (Lipinski definition) is 16. The van der Waals surface area contributed by atoms with E-state index in [0.717, 1.165) is 17.3 Å². The van der Waals surface area contributed by atoms with E-state index in [1.54, 1.807) is 44.2 Å². The topological polar surface area (TPSA) is 522 Å². The Morgan fingerprint density at radius 1 is 0.576 bits per heavy atom. The van der Waals surface area contributed by atoms with Gasteiger partial charge in [0.1, 0.15) is 54.1 Å². The first-order valence-electron chi connectivity index (χ1n) is 33.0. The van der Waals surface area contributed by atoms with Crippen molar-refractivity contribution in [2.75, 3.05) is 31.9 Å². The van der Waals surface area contributed by atoms with E-state index in [0.29, 0.717) is 17.5 Å². The number of nitrogens with two attached hydrogens (primary N) is 6. The van der Waals surface area contributed by atoms with Gasteiger partial charge < -0.3 is 92.3 Å². The van der Waals surface area contributed by atoms with Gasteiger partial charge in [0.05, 0.1) is 18.5 Å². The summed E-state index contributed by atoms with van der Waals surface area (Å²) in [6.45, 7) is 8.78. The zero-order valence-electron chi connectivity index (χ0n) is 56.8. The van der Waals surface area contributed by atoms with Crippen LogP contribution in [0.4, 0.5) is 0 Å². The Labute approximate surface area is 580 Å². The lowest BCUT2D eigenvalue weighted by molar-refractivity contribution is -0.140. The zero-order valence-corrected chi connectivity index (χ0v) is 57.6. The number of benzene rings is 3. The van der Waals surface area contributed by atoms with Crippen molar-refractivity contribution in [3.8, 4) is 5.75 Å². The number of aliphatic imine (C=N–C) groups is 1. The Morgan fingerprint density at radius 2 is 1.06 bits per heavy atom. The highest BCUT2D eigenvalue weighted by molar-refractivity contribution is 8.13. The molecule has 12 amide bonds. The Morgan fingerprint density at radius 3 is 1.60 bits per heavy atom. The third kappa shape index (κ3) is 29.5. The summed E-state index contributed by atoms with van der Waals surface area (Å²) in [6, 6.07) is 9.45. The predicted molar refractivity (Wildman–Crippen MR) is 371 cm³/mol. The Balaban J connectivity index is 1.62. The average Bonchev–Trinajstić information content (AvgIpc) is 1.56. The van der Waals surface area contributed by atoms with Crippen molar-refractivity contribution in [3.63, 3.8) is 0 Å². The first-order chi connectivity index (χ1) is 47.0. The molecule has 3 aromatic rings. The molecule has 1 heterocycles. The molecular formula is C67H99N17O14S. The summed E-state index contributed by atoms with van der Waals surface area (Å²) in [7, 11) is 0. The highest BCUT2D eigenvalue weighted by Gasteiger charge is 2.40. The summed E-state index contributed by atoms with van der Waals surface area (Å²) in [6.07, 6.45) is -1.09. The Hall–Kier alpha value is -9.69. The van der Waals surface area contributed by atoms with Crippen LogP contribution in [0.3, 0.4) is 0 Å². The van der Waals surface area contributed by atoms with Crippen LogP contribution < -0.4 is 82.3 Å². The molecule has 1 saturated heterocycles. The molecule has 1 aliphatic rings. The molecule has 542 valence electrons. The van der Waals surface area contributed by atoms with Crippen molar-refractivity contribution < 1.29 is 67.4 Å². The summed E-state index contributed by atoms with van der Waals surface area (Å²) in [4.78, 5) is 185. The van der Waals surface area contributed by atoms with E-state index >= 15 is 0 Å². The highest BCUT2D eigenvalue weighted by atomic mass is 32.2. The third-order valence-corrected chi connectivity index (χ3v) is 16.9. The number of thioether (sulfide) groups is 1. The Bertz CT molecular complexity index is 3250. The van der Waals surface area contributed by atoms with Gasteiger partial charge >= 0.3 is 0 Å². The molecule has 1 aliphatic heterocycles. The maximum Gasteiger partial charge on any atom is 0.243 e. The fraction of sp³-hybridized carbons (Fsp3) is 0.522. The molecule has 1 fully saturated rings. The third-order valence-electron chi connectivity index (χ3n) is 15.9. The number of guanidine groups is 1. The number of nitrogens with one attached hydrogen (secondary N) is 9. The molecule has 0 radical (unpaired) electrons. The van der Waals surface area contributed by atoms with E-state index in [9.17, 15) is 67.4 Å². The van der Waals surface area contributed by atoms with Gasteiger partial charge in [-0.2, -0.15) is 0 Å². The summed E-state index contributed by atoms with van der Waals surface area (Å²) >= 11 is 0.925. The summed E-state index contributed by atoms with van der Waals surface area (Å²) in [5.74, 6) is -11.1. The van der Waals surface area contributed by atoms with Gasteiger partial charge in [-0.25, -0.2) is 0 Å². The van der Waals surface area contributed by atoms with Crippen LogP contribution in [0.2, 0.25) is 0 Å². The molecule has 0 unspecified atom stereocenters. The molecule has 3 aromatic carbocycles. The number of primary amides is 2. The van der Waals surface area contributed by atoms with Gasteiger partial charge in [-0.3, -0.25) is 67.3 Å². The summed E-state index contributed by atoms with van der Waals surface area (Å²) < 4.78 is 0. The van der Waals surface area contributed by atoms with Gasteiger partial charge in [-0.05, 0) is 105 Å². The van der Waals surface area contributed by atoms with Crippen LogP contribution in [0.1, 0.15) is 116 Å². The van der Waals surface area contributed by atoms with Gasteiger partial charge in [0.15, 0.2) is 5.96 Å². The number of aromatic hydroxyl groups is 1. The maximum absolute atomic E-state index is 14.7. The van der Waals surface area contributed by atoms with Crippen LogP contribution >= 0.6 is 11.8 Å². The number of likely N-dealkylation sites (tertiary alicyclic amines) is 1. The molecule has 31 nitrogen and oxygen atoms in total. The van der Waals surface area contributed by atoms with E-state index in [2.05, 4.69) is 52.8 Å². The van der Waals surface area contributed by atoms with Crippen LogP contribution in [0.5, 0.6) is 5.75 Å². The molecule has 0 aliphatic carbocycles. The second-order valence-electron chi connectivity index (χ2n) is 25.0. The molecule has 32 heteroatoms. The van der Waals surface area contributed by atoms with Gasteiger partial charge in [-0.15, -0.1) is 0 Å². The van der Waals surface area contributed by atoms with Crippen LogP contribution in [0.25, 0.3) is 0 Å². The summed E-state index contributed by atoms with van der Waals surface area (Å²) in [5.41, 5.74) is 36.3. The number of rotatable bonds is 42. The summed E-state index contributed by atoms with van der Waals surface area (Å²) in [5, 5.41) is 33.4. The van der Waals surface area contributed by atoms with Crippen molar-refractivity contribution in [1.82, 2.24) is 52.8 Å². The van der Waals surface area contributed by atoms with Gasteiger partial charge in [-0.1, -0.05) is 112 Å². The number of phenolic OH excluding ortho intramolecular Hbond substituents is 1. The largest absolute Gasteiger partial charge is 0.508 e. The molecule has 0 spiro atoms. The fourth-order valence-corrected chi connectivity index (χ4v) is 11.5. The van der Waals surface area contributed by atoms with Crippen molar-refractivity contribution in [1.29, 1.82) is 0 Å². The van der Waals surface area contributed by atoms with E-state index < -0.39 is 151 Å². The second-order valence-corrected chi connectivity index (χ2v) is 26.1. The van der Waals surface area contributed by atoms with Crippen LogP contribution in [-0.4, -0.2) is 184 Å². The quantitative estimate of drug-likeness (QED) is 0.0160. The number of amides is 12. The second kappa shape index (κ2) is 42.2. The number of carbonyl (C=O) groups excluding carboxylic acids is 13. The monoisotopic (exact) mass is 1400 g/mol. The molecular weight excluding hydrogens is 1300 g/mol. The van der Waals surface area contributed by atoms with Crippen molar-refractivity contribution in [3.05, 3.63) is 102 Å². The average molecular weight is 1400 g/mol. The first-order valence-corrected chi connectivity index (χ1v) is 34.0. The van der Waals surface area contributed by atoms with Crippen LogP contribution in [0, 0.1) is 11.8 Å². The molecule has 22 N–H and O–H groups in total. The molecule has 99 heavy (non-hydrogen) atoms. The minimum atomic E-state index is -1.89. The number of hydrogen-bond acceptors (Lipinski definition) is 18. The smallest absolute Gasteiger partial charge is 0.243 e. The van der Waals surface area contributed by atoms with E-state index in [1.807, 2.05) is 44.2 Å². The van der Waals surface area contributed by atoms with E-state index in [-0.39, 0.29) is 118 Å². The van der Waals surface area contributed by atoms with Gasteiger partial charge in [0, 0.05) is 51.6 Å². The van der Waals surface area contributed by atoms with Crippen molar-refractivity contribution in [2.24, 2.45) is 51.2 Å². The predicted octanol–water partition coefficient (Wildman–Crippen LogP) is -2.35. The lowest BCUT2D eigenvalue weighted by atomic mass is 9.99. The lowest BCUT2D eigenvalue weighted by Crippen LogP contribution is -2.61. The molecule has 0 aromatic heterocycles. The fourth-order valence-electron chi connectivity index (χ4n) is 10.8. The van der Waals surface area contributed by atoms with Gasteiger partial charge in [0.25, 0.3) is 0 Å². The number of phenols is 1. The standard InChI is InChI=1S/C67H99N17O14S/c1-38(2)33-52(66(98)99-32-30-74-40(5)85)82-58(90)46(19-12-28-68)78-64(96)56(39(3)4)83-62(94)50(36-43-22-24-44(86)25-23-43)79-59(91)48(26-27-54(70)87)77-61(93)51(37-55(71)88)80-57(89)47(20-13-29-75-67(72)73)76-60(92)49(35-42-17-10-7-11-18-42)81-63(95)53-21-14-31-84(53)65(97)45(69)34-41-15-8-6-9-16-41/h6-11,15-18,22-25,38-39,45-53,56,86H,12-14,19-21,26-37,68-69H2,1-5H3,(H2,70,87)(H2,71,88)(H,74,85)(H,76,92)(H,77,93)(H,78,96)(H,79,91)(H,80,89)(H,81,95)(H,82,90)(H,83,94)(H4,72,73,75)/t45-,46+,47+,48+,49+,50+,51+,52+,53+,56+/m1/s1. The number of nitrogens with zero attached hydrogens (tertiary/aromatic N) is 2. The van der Waals surface area contributed by atoms with Crippen molar-refractivity contribution >= 4 is 93.7 Å². The minimum Gasteiger partial charge on any atom is -0.508 e. The number of carbonyl (C=O) groups is 13. The first kappa shape index (κ1) is 81.7. The molecule has 4 rings (SSSR count). The van der Waals surface area contributed by atoms with E-state index in [4.69, 9.17) is 34.4 Å². The maximum atomic E-state index is 14.7. The Kier molecular flexibility index (Phi) is 34.8. The van der Waals surface area contributed by atoms with Gasteiger partial charge in [0.2, 0.25) is 76.0 Å². The van der Waals surface area contributed by atoms with Crippen LogP contribution in [0.15, 0.2) is 89.9 Å².